The summed E-state index contributed by atoms with van der Waals surface area (Å²) in [4.78, 5) is 4.29. The first kappa shape index (κ1) is 11.1. The zero-order valence-corrected chi connectivity index (χ0v) is 10.1. The smallest absolute Gasteiger partial charge is 0.216 e. The molecule has 4 heteroatoms. The minimum atomic E-state index is 0.164. The number of aliphatic imine (C=N–C) groups is 1. The first-order valence-electron chi connectivity index (χ1n) is 6.26. The van der Waals surface area contributed by atoms with Crippen LogP contribution in [-0.4, -0.2) is 31.7 Å². The number of ether oxygens (including phenoxy) is 2. The molecule has 0 aromatic heterocycles. The Morgan fingerprint density at radius 2 is 2.17 bits per heavy atom. The number of hydrogen-bond acceptors (Lipinski definition) is 4. The molecule has 1 aromatic carbocycles. The molecule has 94 valence electrons. The number of rotatable bonds is 3. The van der Waals surface area contributed by atoms with Gasteiger partial charge in [-0.05, 0) is 36.5 Å². The topological polar surface area (TPSA) is 42.9 Å². The Hall–Kier alpha value is -1.97. The fourth-order valence-corrected chi connectivity index (χ4v) is 2.04. The molecule has 0 saturated heterocycles. The molecule has 4 nitrogen and oxygen atoms in total. The molecule has 1 aromatic rings. The van der Waals surface area contributed by atoms with Crippen molar-refractivity contribution in [1.82, 2.24) is 5.32 Å². The second-order valence-corrected chi connectivity index (χ2v) is 4.32. The van der Waals surface area contributed by atoms with Crippen LogP contribution in [0.15, 0.2) is 41.5 Å². The van der Waals surface area contributed by atoms with E-state index in [-0.39, 0.29) is 6.10 Å². The van der Waals surface area contributed by atoms with Crippen LogP contribution in [0, 0.1) is 0 Å². The van der Waals surface area contributed by atoms with Crippen molar-refractivity contribution < 1.29 is 9.47 Å². The van der Waals surface area contributed by atoms with Crippen LogP contribution >= 0.6 is 0 Å². The fourth-order valence-electron chi connectivity index (χ4n) is 2.04. The Morgan fingerprint density at radius 3 is 2.83 bits per heavy atom. The minimum absolute atomic E-state index is 0.164. The third-order valence-electron chi connectivity index (χ3n) is 2.98. The average Bonchev–Trinajstić information content (AvgIpc) is 2.95. The summed E-state index contributed by atoms with van der Waals surface area (Å²) in [6.07, 6.45) is 5.15. The lowest BCUT2D eigenvalue weighted by atomic mass is 10.2. The fraction of sp³-hybridized carbons (Fsp3) is 0.357. The summed E-state index contributed by atoms with van der Waals surface area (Å²) < 4.78 is 11.3. The van der Waals surface area contributed by atoms with E-state index in [1.54, 1.807) is 0 Å². The van der Waals surface area contributed by atoms with Crippen LogP contribution in [0.25, 0.3) is 0 Å². The largest absolute Gasteiger partial charge is 0.486 e. The Balaban J connectivity index is 1.67. The maximum absolute atomic E-state index is 5.87. The van der Waals surface area contributed by atoms with Gasteiger partial charge in [0, 0.05) is 18.5 Å². The highest BCUT2D eigenvalue weighted by Crippen LogP contribution is 2.17. The van der Waals surface area contributed by atoms with Crippen LogP contribution in [-0.2, 0) is 4.74 Å². The lowest BCUT2D eigenvalue weighted by Gasteiger charge is -2.19. The SMILES string of the molecule is C1=CC(Oc2ccc(C3=NCCO3)cc2)CCN1. The van der Waals surface area contributed by atoms with Gasteiger partial charge in [-0.3, -0.25) is 0 Å². The molecule has 0 aliphatic carbocycles. The minimum Gasteiger partial charge on any atom is -0.486 e. The third-order valence-corrected chi connectivity index (χ3v) is 2.98. The van der Waals surface area contributed by atoms with E-state index < -0.39 is 0 Å². The van der Waals surface area contributed by atoms with E-state index in [1.165, 1.54) is 0 Å². The molecule has 1 atom stereocenters. The van der Waals surface area contributed by atoms with Gasteiger partial charge in [-0.2, -0.15) is 0 Å². The van der Waals surface area contributed by atoms with Crippen LogP contribution in [0.3, 0.4) is 0 Å². The van der Waals surface area contributed by atoms with Gasteiger partial charge in [0.1, 0.15) is 18.5 Å². The molecule has 1 N–H and O–H groups in total. The lowest BCUT2D eigenvalue weighted by molar-refractivity contribution is 0.232. The number of nitrogens with one attached hydrogen (secondary N) is 1. The van der Waals surface area contributed by atoms with Gasteiger partial charge < -0.3 is 14.8 Å². The molecular weight excluding hydrogens is 228 g/mol. The van der Waals surface area contributed by atoms with Crippen molar-refractivity contribution in [1.29, 1.82) is 0 Å². The predicted octanol–water partition coefficient (Wildman–Crippen LogP) is 1.72. The Bertz CT molecular complexity index is 465. The maximum Gasteiger partial charge on any atom is 0.216 e. The van der Waals surface area contributed by atoms with Crippen LogP contribution in [0.1, 0.15) is 12.0 Å². The quantitative estimate of drug-likeness (QED) is 0.880. The zero-order chi connectivity index (χ0) is 12.2. The van der Waals surface area contributed by atoms with E-state index in [2.05, 4.69) is 10.3 Å². The molecule has 1 unspecified atom stereocenters. The third kappa shape index (κ3) is 2.47. The van der Waals surface area contributed by atoms with E-state index in [0.29, 0.717) is 6.61 Å². The Kier molecular flexibility index (Phi) is 3.17. The molecule has 18 heavy (non-hydrogen) atoms. The van der Waals surface area contributed by atoms with E-state index in [4.69, 9.17) is 9.47 Å². The summed E-state index contributed by atoms with van der Waals surface area (Å²) in [5, 5.41) is 3.15. The molecule has 0 fully saturated rings. The first-order chi connectivity index (χ1) is 8.92. The van der Waals surface area contributed by atoms with E-state index >= 15 is 0 Å². The molecule has 0 bridgehead atoms. The van der Waals surface area contributed by atoms with Crippen molar-refractivity contribution in [2.24, 2.45) is 4.99 Å². The monoisotopic (exact) mass is 244 g/mol. The van der Waals surface area contributed by atoms with Gasteiger partial charge in [0.15, 0.2) is 0 Å². The summed E-state index contributed by atoms with van der Waals surface area (Å²) in [6, 6.07) is 7.92. The first-order valence-corrected chi connectivity index (χ1v) is 6.26. The van der Waals surface area contributed by atoms with Gasteiger partial charge in [-0.15, -0.1) is 0 Å². The molecule has 0 spiro atoms. The second kappa shape index (κ2) is 5.12. The summed E-state index contributed by atoms with van der Waals surface area (Å²) in [5.41, 5.74) is 1.01. The van der Waals surface area contributed by atoms with Gasteiger partial charge in [0.05, 0.1) is 6.54 Å². The number of hydrogen-bond donors (Lipinski definition) is 1. The molecule has 0 saturated carbocycles. The van der Waals surface area contributed by atoms with Gasteiger partial charge in [-0.1, -0.05) is 0 Å². The molecule has 3 rings (SSSR count). The van der Waals surface area contributed by atoms with E-state index in [9.17, 15) is 0 Å². The van der Waals surface area contributed by atoms with Crippen molar-refractivity contribution in [3.05, 3.63) is 42.1 Å². The molecule has 0 radical (unpaired) electrons. The molecule has 2 heterocycles. The number of benzene rings is 1. The summed E-state index contributed by atoms with van der Waals surface area (Å²) >= 11 is 0. The molecule has 2 aliphatic rings. The van der Waals surface area contributed by atoms with Crippen molar-refractivity contribution in [2.75, 3.05) is 19.7 Å². The Labute approximate surface area is 106 Å². The Morgan fingerprint density at radius 1 is 1.28 bits per heavy atom. The number of nitrogens with zero attached hydrogens (tertiary/aromatic N) is 1. The summed E-state index contributed by atoms with van der Waals surface area (Å²) in [6.45, 7) is 2.41. The maximum atomic E-state index is 5.87. The highest BCUT2D eigenvalue weighted by Gasteiger charge is 2.12. The van der Waals surface area contributed by atoms with Crippen LogP contribution < -0.4 is 10.1 Å². The summed E-state index contributed by atoms with van der Waals surface area (Å²) in [7, 11) is 0. The van der Waals surface area contributed by atoms with Crippen LogP contribution in [0.2, 0.25) is 0 Å². The molecule has 2 aliphatic heterocycles. The normalized spacial score (nSPS) is 22.0. The van der Waals surface area contributed by atoms with E-state index in [1.807, 2.05) is 36.5 Å². The molecule has 0 amide bonds. The zero-order valence-electron chi connectivity index (χ0n) is 10.1. The van der Waals surface area contributed by atoms with Gasteiger partial charge in [0.25, 0.3) is 0 Å². The van der Waals surface area contributed by atoms with Gasteiger partial charge in [-0.25, -0.2) is 4.99 Å². The summed E-state index contributed by atoms with van der Waals surface area (Å²) in [5.74, 6) is 1.62. The second-order valence-electron chi connectivity index (χ2n) is 4.32. The predicted molar refractivity (Wildman–Crippen MR) is 70.0 cm³/mol. The van der Waals surface area contributed by atoms with Crippen molar-refractivity contribution in [2.45, 2.75) is 12.5 Å². The van der Waals surface area contributed by atoms with Gasteiger partial charge in [0.2, 0.25) is 5.90 Å². The van der Waals surface area contributed by atoms with Crippen molar-refractivity contribution in [3.8, 4) is 5.75 Å². The van der Waals surface area contributed by atoms with E-state index in [0.717, 1.165) is 36.7 Å². The van der Waals surface area contributed by atoms with Crippen molar-refractivity contribution >= 4 is 5.90 Å². The highest BCUT2D eigenvalue weighted by atomic mass is 16.5. The molecular formula is C14H16N2O2. The van der Waals surface area contributed by atoms with Crippen LogP contribution in [0.4, 0.5) is 0 Å². The van der Waals surface area contributed by atoms with Crippen molar-refractivity contribution in [3.63, 3.8) is 0 Å². The highest BCUT2D eigenvalue weighted by molar-refractivity contribution is 5.94. The lowest BCUT2D eigenvalue weighted by Crippen LogP contribution is -2.25. The average molecular weight is 244 g/mol. The van der Waals surface area contributed by atoms with Crippen LogP contribution in [0.5, 0.6) is 5.75 Å². The standard InChI is InChI=1S/C14H16N2O2/c1-3-12(18-13-5-7-15-8-6-13)4-2-11(1)14-16-9-10-17-14/h1-5,7,13,15H,6,8-10H2. The van der Waals surface area contributed by atoms with Gasteiger partial charge >= 0.3 is 0 Å².